The van der Waals surface area contributed by atoms with Crippen LogP contribution in [0.5, 0.6) is 5.88 Å². The van der Waals surface area contributed by atoms with Crippen molar-refractivity contribution >= 4 is 40.2 Å². The number of pyridine rings is 2. The number of hydrogen-bond donors (Lipinski definition) is 3. The summed E-state index contributed by atoms with van der Waals surface area (Å²) >= 11 is 5.91. The van der Waals surface area contributed by atoms with E-state index in [0.717, 1.165) is 16.5 Å². The van der Waals surface area contributed by atoms with Crippen LogP contribution in [-0.2, 0) is 7.05 Å². The van der Waals surface area contributed by atoms with Crippen LogP contribution in [0.3, 0.4) is 0 Å². The first-order valence-corrected chi connectivity index (χ1v) is 9.44. The van der Waals surface area contributed by atoms with E-state index >= 15 is 0 Å². The van der Waals surface area contributed by atoms with Crippen LogP contribution in [0.25, 0.3) is 22.2 Å². The number of fused-ring (bicyclic) bond motifs is 1. The smallest absolute Gasteiger partial charge is 0.337 e. The maximum Gasteiger partial charge on any atom is 0.337 e. The van der Waals surface area contributed by atoms with Crippen LogP contribution in [-0.4, -0.2) is 32.9 Å². The molecule has 2 amide bonds. The number of carbonyl (C=O) groups is 1. The fourth-order valence-electron chi connectivity index (χ4n) is 2.98. The summed E-state index contributed by atoms with van der Waals surface area (Å²) in [6.45, 7) is 0. The number of amides is 2. The summed E-state index contributed by atoms with van der Waals surface area (Å²) in [6.07, 6.45) is 1.69. The van der Waals surface area contributed by atoms with E-state index in [4.69, 9.17) is 16.3 Å². The first-order valence-electron chi connectivity index (χ1n) is 9.06. The van der Waals surface area contributed by atoms with Crippen molar-refractivity contribution in [2.24, 2.45) is 7.05 Å². The molecule has 3 heterocycles. The largest absolute Gasteiger partial charge is 0.481 e. The van der Waals surface area contributed by atoms with Gasteiger partial charge >= 0.3 is 6.03 Å². The number of methoxy groups -OCH3 is 1. The first kappa shape index (κ1) is 20.4. The molecular formula is C20H17ClFN7O2. The van der Waals surface area contributed by atoms with Crippen LogP contribution in [0.4, 0.5) is 20.7 Å². The number of aryl methyl sites for hydroxylation is 1. The third-order valence-corrected chi connectivity index (χ3v) is 4.60. The number of hydrogen-bond acceptors (Lipinski definition) is 6. The molecule has 11 heteroatoms. The SMILES string of the molecule is COc1cc(NC(=O)NNc2cc(-c3ccc(F)cc3)c3cnn(C)c3n2)cc(Cl)n1. The Hall–Kier alpha value is -3.92. The number of aromatic nitrogens is 4. The van der Waals surface area contributed by atoms with Gasteiger partial charge in [-0.3, -0.25) is 15.5 Å². The van der Waals surface area contributed by atoms with Crippen molar-refractivity contribution in [2.45, 2.75) is 0 Å². The standard InChI is InChI=1S/C20H17ClFN7O2/c1-29-19-15(10-23-29)14(11-3-5-12(22)6-4-11)9-17(26-19)27-28-20(30)24-13-7-16(21)25-18(8-13)31-2/h3-10H,1-2H3,(H,26,27)(H2,24,25,28,30). The summed E-state index contributed by atoms with van der Waals surface area (Å²) in [5, 5.41) is 7.83. The molecule has 0 saturated heterocycles. The molecule has 4 rings (SSSR count). The van der Waals surface area contributed by atoms with Crippen LogP contribution in [0, 0.1) is 5.82 Å². The predicted octanol–water partition coefficient (Wildman–Crippen LogP) is 3.98. The minimum atomic E-state index is -0.556. The molecule has 9 nitrogen and oxygen atoms in total. The summed E-state index contributed by atoms with van der Waals surface area (Å²) in [7, 11) is 3.21. The topological polar surface area (TPSA) is 106 Å². The van der Waals surface area contributed by atoms with Crippen LogP contribution >= 0.6 is 11.6 Å². The van der Waals surface area contributed by atoms with Gasteiger partial charge in [-0.1, -0.05) is 23.7 Å². The Balaban J connectivity index is 1.56. The van der Waals surface area contributed by atoms with E-state index in [1.165, 1.54) is 31.4 Å². The van der Waals surface area contributed by atoms with Gasteiger partial charge in [0.25, 0.3) is 0 Å². The maximum atomic E-state index is 13.3. The van der Waals surface area contributed by atoms with Crippen LogP contribution in [0.2, 0.25) is 5.15 Å². The molecule has 0 bridgehead atoms. The number of carbonyl (C=O) groups excluding carboxylic acids is 1. The van der Waals surface area contributed by atoms with E-state index in [2.05, 4.69) is 31.2 Å². The Morgan fingerprint density at radius 3 is 2.68 bits per heavy atom. The van der Waals surface area contributed by atoms with E-state index < -0.39 is 6.03 Å². The summed E-state index contributed by atoms with van der Waals surface area (Å²) in [4.78, 5) is 20.7. The van der Waals surface area contributed by atoms with Gasteiger partial charge in [0.1, 0.15) is 16.8 Å². The molecule has 3 aromatic heterocycles. The van der Waals surface area contributed by atoms with Crippen LogP contribution < -0.4 is 20.9 Å². The molecule has 0 radical (unpaired) electrons. The molecule has 158 valence electrons. The van der Waals surface area contributed by atoms with Crippen LogP contribution in [0.1, 0.15) is 0 Å². The molecule has 0 spiro atoms. The van der Waals surface area contributed by atoms with Gasteiger partial charge in [0.15, 0.2) is 5.65 Å². The van der Waals surface area contributed by atoms with Gasteiger partial charge in [-0.15, -0.1) is 0 Å². The monoisotopic (exact) mass is 441 g/mol. The van der Waals surface area contributed by atoms with Gasteiger partial charge < -0.3 is 10.1 Å². The molecule has 31 heavy (non-hydrogen) atoms. The zero-order chi connectivity index (χ0) is 22.0. The number of nitrogens with zero attached hydrogens (tertiary/aromatic N) is 4. The molecular weight excluding hydrogens is 425 g/mol. The van der Waals surface area contributed by atoms with Crippen LogP contribution in [0.15, 0.2) is 48.7 Å². The highest BCUT2D eigenvalue weighted by atomic mass is 35.5. The normalized spacial score (nSPS) is 10.7. The van der Waals surface area contributed by atoms with Gasteiger partial charge in [-0.25, -0.2) is 19.2 Å². The lowest BCUT2D eigenvalue weighted by Crippen LogP contribution is -2.34. The van der Waals surface area contributed by atoms with E-state index in [1.807, 2.05) is 0 Å². The Morgan fingerprint density at radius 2 is 1.94 bits per heavy atom. The Labute approximate surface area is 181 Å². The minimum Gasteiger partial charge on any atom is -0.481 e. The van der Waals surface area contributed by atoms with Crippen molar-refractivity contribution in [3.63, 3.8) is 0 Å². The molecule has 1 aromatic carbocycles. The summed E-state index contributed by atoms with van der Waals surface area (Å²) in [5.41, 5.74) is 7.85. The number of hydrazine groups is 1. The quantitative estimate of drug-likeness (QED) is 0.319. The van der Waals surface area contributed by atoms with Crippen molar-refractivity contribution < 1.29 is 13.9 Å². The molecule has 4 aromatic rings. The van der Waals surface area contributed by atoms with Gasteiger partial charge in [0, 0.05) is 18.5 Å². The van der Waals surface area contributed by atoms with E-state index in [1.54, 1.807) is 36.1 Å². The zero-order valence-corrected chi connectivity index (χ0v) is 17.2. The fraction of sp³-hybridized carbons (Fsp3) is 0.100. The summed E-state index contributed by atoms with van der Waals surface area (Å²) in [5.74, 6) is 0.309. The Kier molecular flexibility index (Phi) is 5.54. The Morgan fingerprint density at radius 1 is 1.16 bits per heavy atom. The van der Waals surface area contributed by atoms with Crippen molar-refractivity contribution in [1.29, 1.82) is 0 Å². The number of anilines is 2. The lowest BCUT2D eigenvalue weighted by molar-refractivity contribution is 0.254. The number of rotatable bonds is 5. The molecule has 0 saturated carbocycles. The fourth-order valence-corrected chi connectivity index (χ4v) is 3.18. The first-order chi connectivity index (χ1) is 14.9. The van der Waals surface area contributed by atoms with Crippen molar-refractivity contribution in [3.05, 3.63) is 59.6 Å². The second kappa shape index (κ2) is 8.44. The number of halogens is 2. The summed E-state index contributed by atoms with van der Waals surface area (Å²) in [6, 6.07) is 10.3. The van der Waals surface area contributed by atoms with E-state index in [9.17, 15) is 9.18 Å². The molecule has 0 aliphatic carbocycles. The molecule has 0 aliphatic heterocycles. The second-order valence-electron chi connectivity index (χ2n) is 6.49. The highest BCUT2D eigenvalue weighted by Gasteiger charge is 2.13. The number of ether oxygens (including phenoxy) is 1. The summed E-state index contributed by atoms with van der Waals surface area (Å²) < 4.78 is 20.0. The third-order valence-electron chi connectivity index (χ3n) is 4.40. The predicted molar refractivity (Wildman–Crippen MR) is 115 cm³/mol. The average molecular weight is 442 g/mol. The second-order valence-corrected chi connectivity index (χ2v) is 6.88. The van der Waals surface area contributed by atoms with Gasteiger partial charge in [-0.05, 0) is 35.4 Å². The number of benzene rings is 1. The van der Waals surface area contributed by atoms with Crippen molar-refractivity contribution in [3.8, 4) is 17.0 Å². The van der Waals surface area contributed by atoms with E-state index in [0.29, 0.717) is 17.2 Å². The van der Waals surface area contributed by atoms with Crippen molar-refractivity contribution in [2.75, 3.05) is 17.9 Å². The minimum absolute atomic E-state index is 0.176. The lowest BCUT2D eigenvalue weighted by Gasteiger charge is -2.12. The average Bonchev–Trinajstić information content (AvgIpc) is 3.12. The van der Waals surface area contributed by atoms with Gasteiger partial charge in [0.05, 0.1) is 19.0 Å². The van der Waals surface area contributed by atoms with E-state index in [-0.39, 0.29) is 16.9 Å². The highest BCUT2D eigenvalue weighted by molar-refractivity contribution is 6.29. The molecule has 0 unspecified atom stereocenters. The number of urea groups is 1. The van der Waals surface area contributed by atoms with Gasteiger partial charge in [0.2, 0.25) is 5.88 Å². The maximum absolute atomic E-state index is 13.3. The number of nitrogens with one attached hydrogen (secondary N) is 3. The molecule has 3 N–H and O–H groups in total. The van der Waals surface area contributed by atoms with Crippen molar-refractivity contribution in [1.82, 2.24) is 25.2 Å². The highest BCUT2D eigenvalue weighted by Crippen LogP contribution is 2.30. The lowest BCUT2D eigenvalue weighted by atomic mass is 10.0. The molecule has 0 atom stereocenters. The zero-order valence-electron chi connectivity index (χ0n) is 16.5. The molecule has 0 aliphatic rings. The Bertz CT molecular complexity index is 1260. The third kappa shape index (κ3) is 4.48. The molecule has 0 fully saturated rings. The van der Waals surface area contributed by atoms with Gasteiger partial charge in [-0.2, -0.15) is 5.10 Å².